The molecule has 1 amide bonds. The molecule has 1 fully saturated rings. The van der Waals surface area contributed by atoms with Crippen molar-refractivity contribution in [1.29, 1.82) is 0 Å². The first-order chi connectivity index (χ1) is 17.8. The number of nitrogens with zero attached hydrogens (tertiary/aromatic N) is 2. The van der Waals surface area contributed by atoms with Gasteiger partial charge in [0.2, 0.25) is 0 Å². The molecule has 3 N–H and O–H groups in total. The summed E-state index contributed by atoms with van der Waals surface area (Å²) in [4.78, 5) is 22.9. The van der Waals surface area contributed by atoms with Crippen molar-refractivity contribution in [2.75, 3.05) is 44.0 Å². The summed E-state index contributed by atoms with van der Waals surface area (Å²) in [6.07, 6.45) is 0.692. The summed E-state index contributed by atoms with van der Waals surface area (Å²) in [7, 11) is 1.71. The number of imidazole rings is 1. The minimum Gasteiger partial charge on any atom is -0.383 e. The predicted molar refractivity (Wildman–Crippen MR) is 136 cm³/mol. The molecule has 2 aliphatic rings. The number of likely N-dealkylation sites (tertiary alicyclic amines) is 1. The van der Waals surface area contributed by atoms with Gasteiger partial charge in [-0.05, 0) is 48.7 Å². The number of anilines is 2. The van der Waals surface area contributed by atoms with Gasteiger partial charge in [-0.2, -0.15) is 13.2 Å². The minimum absolute atomic E-state index is 0.300. The Bertz CT molecular complexity index is 1280. The number of benzene rings is 2. The lowest BCUT2D eigenvalue weighted by Crippen LogP contribution is -2.40. The van der Waals surface area contributed by atoms with Crippen molar-refractivity contribution in [3.63, 3.8) is 0 Å². The van der Waals surface area contributed by atoms with Gasteiger partial charge in [-0.3, -0.25) is 4.79 Å². The molecule has 0 unspecified atom stereocenters. The number of methoxy groups -OCH3 is 1. The second-order valence-electron chi connectivity index (χ2n) is 9.23. The number of aromatic nitrogens is 2. The summed E-state index contributed by atoms with van der Waals surface area (Å²) >= 11 is 0. The van der Waals surface area contributed by atoms with Crippen LogP contribution in [0, 0.1) is 0 Å². The van der Waals surface area contributed by atoms with E-state index in [0.717, 1.165) is 56.9 Å². The molecule has 0 saturated carbocycles. The average molecular weight is 512 g/mol. The summed E-state index contributed by atoms with van der Waals surface area (Å²) in [5.74, 6) is 0.0736. The molecule has 0 spiro atoms. The number of H-pyrrole nitrogens is 1. The second kappa shape index (κ2) is 10.4. The van der Waals surface area contributed by atoms with Crippen LogP contribution in [0.1, 0.15) is 35.4 Å². The van der Waals surface area contributed by atoms with Crippen molar-refractivity contribution >= 4 is 28.4 Å². The number of piperidine rings is 1. The van der Waals surface area contributed by atoms with Crippen molar-refractivity contribution < 1.29 is 22.7 Å². The van der Waals surface area contributed by atoms with E-state index in [4.69, 9.17) is 4.74 Å². The van der Waals surface area contributed by atoms with Gasteiger partial charge >= 0.3 is 6.18 Å². The number of nitrogens with one attached hydrogen (secondary N) is 3. The van der Waals surface area contributed by atoms with Crippen molar-refractivity contribution in [3.05, 3.63) is 77.4 Å². The number of alkyl halides is 3. The number of hydrogen-bond donors (Lipinski definition) is 3. The van der Waals surface area contributed by atoms with Gasteiger partial charge in [-0.15, -0.1) is 0 Å². The van der Waals surface area contributed by atoms with Gasteiger partial charge in [-0.1, -0.05) is 12.1 Å². The topological polar surface area (TPSA) is 82.3 Å². The molecule has 1 saturated heterocycles. The summed E-state index contributed by atoms with van der Waals surface area (Å²) in [6.45, 7) is 3.60. The van der Waals surface area contributed by atoms with Crippen LogP contribution in [-0.2, 0) is 15.7 Å². The van der Waals surface area contributed by atoms with Crippen molar-refractivity contribution in [2.24, 2.45) is 0 Å². The monoisotopic (exact) mass is 511 g/mol. The number of fused-ring (bicyclic) bond motifs is 1. The zero-order valence-electron chi connectivity index (χ0n) is 20.4. The fraction of sp³-hybridized carbons (Fsp3) is 0.333. The molecule has 194 valence electrons. The van der Waals surface area contributed by atoms with Crippen LogP contribution >= 0.6 is 0 Å². The third kappa shape index (κ3) is 5.40. The van der Waals surface area contributed by atoms with Crippen molar-refractivity contribution in [3.8, 4) is 0 Å². The normalized spacial score (nSPS) is 18.0. The molecule has 1 aromatic heterocycles. The highest BCUT2D eigenvalue weighted by atomic mass is 19.4. The SMILES string of the molecule is COCCN1CCC(Nc2ccc3c(c2)/C(=C(\c2ccc(C(F)(F)F)cc2)c2ncc[nH]2)C(=O)N3)CC1. The second-order valence-corrected chi connectivity index (χ2v) is 9.23. The van der Waals surface area contributed by atoms with Gasteiger partial charge in [0.25, 0.3) is 5.91 Å². The first-order valence-corrected chi connectivity index (χ1v) is 12.2. The van der Waals surface area contributed by atoms with E-state index in [2.05, 4.69) is 25.5 Å². The summed E-state index contributed by atoms with van der Waals surface area (Å²) in [5, 5.41) is 6.48. The standard InChI is InChI=1S/C27H28F3N5O2/c1-37-15-14-35-12-8-19(9-13-35)33-20-6-7-22-21(16-20)24(26(36)34-22)23(25-31-10-11-32-25)17-2-4-18(5-3-17)27(28,29)30/h2-7,10-11,16,19,33H,8-9,12-15H2,1H3,(H,31,32)(H,34,36)/b24-23-. The van der Waals surface area contributed by atoms with E-state index in [-0.39, 0.29) is 5.91 Å². The molecular weight excluding hydrogens is 483 g/mol. The first-order valence-electron chi connectivity index (χ1n) is 12.2. The number of carbonyl (C=O) groups is 1. The number of ether oxygens (including phenoxy) is 1. The van der Waals surface area contributed by atoms with Crippen LogP contribution in [0.3, 0.4) is 0 Å². The summed E-state index contributed by atoms with van der Waals surface area (Å²) < 4.78 is 44.6. The van der Waals surface area contributed by atoms with Gasteiger partial charge in [0.1, 0.15) is 5.82 Å². The van der Waals surface area contributed by atoms with Crippen LogP contribution < -0.4 is 10.6 Å². The average Bonchev–Trinajstić information content (AvgIpc) is 3.52. The fourth-order valence-corrected chi connectivity index (χ4v) is 4.89. The Balaban J connectivity index is 1.47. The number of rotatable bonds is 7. The Morgan fingerprint density at radius 3 is 2.57 bits per heavy atom. The Morgan fingerprint density at radius 2 is 1.92 bits per heavy atom. The lowest BCUT2D eigenvalue weighted by atomic mass is 9.93. The lowest BCUT2D eigenvalue weighted by molar-refractivity contribution is -0.137. The molecule has 0 radical (unpaired) electrons. The van der Waals surface area contributed by atoms with E-state index in [0.29, 0.717) is 39.8 Å². The lowest BCUT2D eigenvalue weighted by Gasteiger charge is -2.32. The van der Waals surface area contributed by atoms with Gasteiger partial charge in [-0.25, -0.2) is 4.98 Å². The molecule has 0 atom stereocenters. The zero-order valence-corrected chi connectivity index (χ0v) is 20.4. The molecule has 2 aliphatic heterocycles. The van der Waals surface area contributed by atoms with Gasteiger partial charge in [0, 0.05) is 67.7 Å². The fourth-order valence-electron chi connectivity index (χ4n) is 4.89. The molecule has 3 aromatic rings. The zero-order chi connectivity index (χ0) is 26.0. The smallest absolute Gasteiger partial charge is 0.383 e. The molecule has 2 aromatic carbocycles. The third-order valence-electron chi connectivity index (χ3n) is 6.82. The van der Waals surface area contributed by atoms with Crippen LogP contribution in [0.15, 0.2) is 54.9 Å². The molecule has 37 heavy (non-hydrogen) atoms. The van der Waals surface area contributed by atoms with Gasteiger partial charge < -0.3 is 25.3 Å². The molecule has 0 aliphatic carbocycles. The highest BCUT2D eigenvalue weighted by molar-refractivity contribution is 6.38. The van der Waals surface area contributed by atoms with Gasteiger partial charge in [0.05, 0.1) is 17.7 Å². The maximum absolute atomic E-state index is 13.2. The minimum atomic E-state index is -4.45. The third-order valence-corrected chi connectivity index (χ3v) is 6.82. The van der Waals surface area contributed by atoms with E-state index in [1.54, 1.807) is 19.5 Å². The maximum Gasteiger partial charge on any atom is 0.416 e. The summed E-state index contributed by atoms with van der Waals surface area (Å²) in [5.41, 5.74) is 2.73. The molecule has 0 bridgehead atoms. The number of hydrogen-bond acceptors (Lipinski definition) is 5. The van der Waals surface area contributed by atoms with Crippen molar-refractivity contribution in [2.45, 2.75) is 25.1 Å². The Morgan fingerprint density at radius 1 is 1.16 bits per heavy atom. The van der Waals surface area contributed by atoms with E-state index in [1.165, 1.54) is 12.1 Å². The van der Waals surface area contributed by atoms with Gasteiger partial charge in [0.15, 0.2) is 0 Å². The number of aromatic amines is 1. The Kier molecular flexibility index (Phi) is 7.03. The number of halogens is 3. The number of amides is 1. The maximum atomic E-state index is 13.2. The van der Waals surface area contributed by atoms with E-state index >= 15 is 0 Å². The molecular formula is C27H28F3N5O2. The first kappa shape index (κ1) is 25.0. The molecule has 10 heteroatoms. The van der Waals surface area contributed by atoms with Crippen LogP contribution in [0.2, 0.25) is 0 Å². The Labute approximate surface area is 212 Å². The Hall–Kier alpha value is -3.63. The molecule has 5 rings (SSSR count). The van der Waals surface area contributed by atoms with E-state index < -0.39 is 11.7 Å². The predicted octanol–water partition coefficient (Wildman–Crippen LogP) is 4.86. The van der Waals surface area contributed by atoms with E-state index in [1.807, 2.05) is 18.2 Å². The molecule has 7 nitrogen and oxygen atoms in total. The van der Waals surface area contributed by atoms with Crippen LogP contribution in [0.4, 0.5) is 24.5 Å². The highest BCUT2D eigenvalue weighted by Crippen LogP contribution is 2.41. The van der Waals surface area contributed by atoms with Crippen molar-refractivity contribution in [1.82, 2.24) is 14.9 Å². The highest BCUT2D eigenvalue weighted by Gasteiger charge is 2.32. The largest absolute Gasteiger partial charge is 0.416 e. The summed E-state index contributed by atoms with van der Waals surface area (Å²) in [6, 6.07) is 10.8. The quantitative estimate of drug-likeness (QED) is 0.395. The van der Waals surface area contributed by atoms with Crippen LogP contribution in [0.5, 0.6) is 0 Å². The molecule has 3 heterocycles. The van der Waals surface area contributed by atoms with E-state index in [9.17, 15) is 18.0 Å². The number of carbonyl (C=O) groups excluding carboxylic acids is 1. The van der Waals surface area contributed by atoms with Crippen LogP contribution in [0.25, 0.3) is 11.1 Å². The van der Waals surface area contributed by atoms with Crippen LogP contribution in [-0.4, -0.2) is 60.2 Å².